The number of para-hydroxylation sites is 1. The van der Waals surface area contributed by atoms with Crippen LogP contribution in [0.2, 0.25) is 0 Å². The Hall–Kier alpha value is -2.43. The summed E-state index contributed by atoms with van der Waals surface area (Å²) in [6, 6.07) is 19.1. The maximum absolute atomic E-state index is 12.8. The Balaban J connectivity index is 1.74. The molecule has 1 aromatic heterocycles. The van der Waals surface area contributed by atoms with Crippen molar-refractivity contribution in [3.63, 3.8) is 0 Å². The molecule has 3 aromatic rings. The number of anilines is 1. The third-order valence-electron chi connectivity index (χ3n) is 5.28. The first kappa shape index (κ1) is 21.3. The standard InChI is InChI=1S/C25H30N2OS/c1-4-18-12-14-21(15-13-18)25(22-11-8-16-29-22)26-17-23(28)27-24-19(5-2)9-7-10-20(24)6-3/h7-16,25-26H,4-6,17H2,1-3H3,(H,27,28)/t25-/m0/s1. The lowest BCUT2D eigenvalue weighted by molar-refractivity contribution is -0.115. The summed E-state index contributed by atoms with van der Waals surface area (Å²) in [6.45, 7) is 6.66. The SMILES string of the molecule is CCc1ccc([C@H](NCC(=O)Nc2c(CC)cccc2CC)c2cccs2)cc1. The number of amides is 1. The normalized spacial score (nSPS) is 12.0. The fourth-order valence-corrected chi connectivity index (χ4v) is 4.39. The van der Waals surface area contributed by atoms with Crippen LogP contribution >= 0.6 is 11.3 Å². The first-order chi connectivity index (χ1) is 14.2. The minimum Gasteiger partial charge on any atom is -0.324 e. The number of hydrogen-bond acceptors (Lipinski definition) is 3. The predicted octanol–water partition coefficient (Wildman–Crippen LogP) is 5.75. The number of rotatable bonds is 9. The van der Waals surface area contributed by atoms with Gasteiger partial charge < -0.3 is 5.32 Å². The molecule has 29 heavy (non-hydrogen) atoms. The van der Waals surface area contributed by atoms with E-state index in [0.717, 1.165) is 24.9 Å². The number of hydrogen-bond donors (Lipinski definition) is 2. The molecule has 3 rings (SSSR count). The highest BCUT2D eigenvalue weighted by Crippen LogP contribution is 2.27. The van der Waals surface area contributed by atoms with Gasteiger partial charge in [0.15, 0.2) is 0 Å². The zero-order valence-electron chi connectivity index (χ0n) is 17.5. The van der Waals surface area contributed by atoms with Gasteiger partial charge in [0, 0.05) is 10.6 Å². The van der Waals surface area contributed by atoms with Gasteiger partial charge >= 0.3 is 0 Å². The second-order valence-corrected chi connectivity index (χ2v) is 8.11. The molecule has 2 N–H and O–H groups in total. The molecule has 0 bridgehead atoms. The molecular formula is C25H30N2OS. The molecule has 0 aliphatic carbocycles. The minimum absolute atomic E-state index is 0.00710. The molecule has 0 fully saturated rings. The van der Waals surface area contributed by atoms with E-state index < -0.39 is 0 Å². The van der Waals surface area contributed by atoms with Gasteiger partial charge in [0.05, 0.1) is 12.6 Å². The molecule has 0 unspecified atom stereocenters. The molecule has 2 aromatic carbocycles. The van der Waals surface area contributed by atoms with Crippen molar-refractivity contribution in [3.8, 4) is 0 Å². The highest BCUT2D eigenvalue weighted by Gasteiger charge is 2.17. The van der Waals surface area contributed by atoms with Gasteiger partial charge in [0.25, 0.3) is 0 Å². The highest BCUT2D eigenvalue weighted by molar-refractivity contribution is 7.10. The van der Waals surface area contributed by atoms with Crippen LogP contribution in [0.15, 0.2) is 60.0 Å². The van der Waals surface area contributed by atoms with Gasteiger partial charge in [-0.3, -0.25) is 10.1 Å². The first-order valence-electron chi connectivity index (χ1n) is 10.4. The smallest absolute Gasteiger partial charge is 0.238 e. The Morgan fingerprint density at radius 3 is 2.14 bits per heavy atom. The van der Waals surface area contributed by atoms with Crippen molar-refractivity contribution < 1.29 is 4.79 Å². The van der Waals surface area contributed by atoms with Crippen LogP contribution in [0.1, 0.15) is 53.9 Å². The van der Waals surface area contributed by atoms with Crippen LogP contribution in [0, 0.1) is 0 Å². The lowest BCUT2D eigenvalue weighted by Gasteiger charge is -2.19. The van der Waals surface area contributed by atoms with Crippen LogP contribution in [0.25, 0.3) is 0 Å². The molecule has 0 aliphatic rings. The Labute approximate surface area is 178 Å². The van der Waals surface area contributed by atoms with Gasteiger partial charge in [0.1, 0.15) is 0 Å². The van der Waals surface area contributed by atoms with Gasteiger partial charge in [-0.15, -0.1) is 11.3 Å². The van der Waals surface area contributed by atoms with Crippen molar-refractivity contribution >= 4 is 22.9 Å². The summed E-state index contributed by atoms with van der Waals surface area (Å²) in [5.41, 5.74) is 5.84. The summed E-state index contributed by atoms with van der Waals surface area (Å²) >= 11 is 1.71. The van der Waals surface area contributed by atoms with E-state index in [9.17, 15) is 4.79 Å². The monoisotopic (exact) mass is 406 g/mol. The van der Waals surface area contributed by atoms with Crippen molar-refractivity contribution in [1.29, 1.82) is 0 Å². The molecule has 0 aliphatic heterocycles. The Kier molecular flexibility index (Phi) is 7.62. The molecule has 152 valence electrons. The summed E-state index contributed by atoms with van der Waals surface area (Å²) in [6.07, 6.45) is 2.83. The zero-order valence-corrected chi connectivity index (χ0v) is 18.3. The minimum atomic E-state index is -0.00710. The molecule has 0 radical (unpaired) electrons. The molecular weight excluding hydrogens is 376 g/mol. The topological polar surface area (TPSA) is 41.1 Å². The van der Waals surface area contributed by atoms with Crippen LogP contribution in [0.5, 0.6) is 0 Å². The molecule has 0 saturated heterocycles. The van der Waals surface area contributed by atoms with Gasteiger partial charge in [-0.05, 0) is 53.0 Å². The van der Waals surface area contributed by atoms with Crippen molar-refractivity contribution in [2.24, 2.45) is 0 Å². The highest BCUT2D eigenvalue weighted by atomic mass is 32.1. The molecule has 3 nitrogen and oxygen atoms in total. The second-order valence-electron chi connectivity index (χ2n) is 7.13. The zero-order chi connectivity index (χ0) is 20.6. The number of carbonyl (C=O) groups excluding carboxylic acids is 1. The third-order valence-corrected chi connectivity index (χ3v) is 6.22. The molecule has 4 heteroatoms. The van der Waals surface area contributed by atoms with Gasteiger partial charge in [-0.25, -0.2) is 0 Å². The maximum Gasteiger partial charge on any atom is 0.238 e. The van der Waals surface area contributed by atoms with E-state index in [4.69, 9.17) is 0 Å². The molecule has 0 spiro atoms. The number of benzene rings is 2. The number of aryl methyl sites for hydroxylation is 3. The lowest BCUT2D eigenvalue weighted by Crippen LogP contribution is -2.32. The fourth-order valence-electron chi connectivity index (χ4n) is 3.57. The van der Waals surface area contributed by atoms with E-state index in [0.29, 0.717) is 0 Å². The van der Waals surface area contributed by atoms with E-state index in [1.165, 1.54) is 27.1 Å². The predicted molar refractivity (Wildman–Crippen MR) is 124 cm³/mol. The first-order valence-corrected chi connectivity index (χ1v) is 11.3. The van der Waals surface area contributed by atoms with Crippen molar-refractivity contribution in [3.05, 3.63) is 87.1 Å². The van der Waals surface area contributed by atoms with E-state index in [2.05, 4.69) is 91.4 Å². The molecule has 1 amide bonds. The van der Waals surface area contributed by atoms with E-state index in [1.807, 2.05) is 0 Å². The Morgan fingerprint density at radius 1 is 0.897 bits per heavy atom. The van der Waals surface area contributed by atoms with E-state index in [-0.39, 0.29) is 18.5 Å². The number of carbonyl (C=O) groups is 1. The number of thiophene rings is 1. The third kappa shape index (κ3) is 5.34. The van der Waals surface area contributed by atoms with Gasteiger partial charge in [0.2, 0.25) is 5.91 Å². The van der Waals surface area contributed by atoms with E-state index >= 15 is 0 Å². The van der Waals surface area contributed by atoms with Crippen LogP contribution < -0.4 is 10.6 Å². The van der Waals surface area contributed by atoms with Crippen LogP contribution in [-0.4, -0.2) is 12.5 Å². The lowest BCUT2D eigenvalue weighted by atomic mass is 10.0. The van der Waals surface area contributed by atoms with Crippen molar-refractivity contribution in [2.75, 3.05) is 11.9 Å². The van der Waals surface area contributed by atoms with Crippen molar-refractivity contribution in [1.82, 2.24) is 5.32 Å². The Bertz CT molecular complexity index is 894. The molecule has 1 atom stereocenters. The summed E-state index contributed by atoms with van der Waals surface area (Å²) < 4.78 is 0. The van der Waals surface area contributed by atoms with Crippen LogP contribution in [0.3, 0.4) is 0 Å². The van der Waals surface area contributed by atoms with Crippen LogP contribution in [-0.2, 0) is 24.1 Å². The maximum atomic E-state index is 12.8. The average Bonchev–Trinajstić information content (AvgIpc) is 3.29. The molecule has 1 heterocycles. The average molecular weight is 407 g/mol. The largest absolute Gasteiger partial charge is 0.324 e. The summed E-state index contributed by atoms with van der Waals surface area (Å²) in [5, 5.41) is 8.70. The summed E-state index contributed by atoms with van der Waals surface area (Å²) in [7, 11) is 0. The van der Waals surface area contributed by atoms with Gasteiger partial charge in [-0.1, -0.05) is 69.3 Å². The fraction of sp³-hybridized carbons (Fsp3) is 0.320. The second kappa shape index (κ2) is 10.4. The van der Waals surface area contributed by atoms with Crippen molar-refractivity contribution in [2.45, 2.75) is 46.1 Å². The quantitative estimate of drug-likeness (QED) is 0.475. The van der Waals surface area contributed by atoms with E-state index in [1.54, 1.807) is 11.3 Å². The van der Waals surface area contributed by atoms with Crippen LogP contribution in [0.4, 0.5) is 5.69 Å². The van der Waals surface area contributed by atoms with Gasteiger partial charge in [-0.2, -0.15) is 0 Å². The summed E-state index contributed by atoms with van der Waals surface area (Å²) in [5.74, 6) is -0.00710. The summed E-state index contributed by atoms with van der Waals surface area (Å²) in [4.78, 5) is 14.0. The number of nitrogens with one attached hydrogen (secondary N) is 2. The molecule has 0 saturated carbocycles. The Morgan fingerprint density at radius 2 is 1.59 bits per heavy atom.